The highest BCUT2D eigenvalue weighted by Crippen LogP contribution is 2.28. The SMILES string of the molecule is CC1CCCCC1.CNCC(=O)N1CCCC1C(=O)NC(C(=O)C(=O)NC)C1CCCCC1. The van der Waals surface area contributed by atoms with Crippen molar-refractivity contribution in [3.8, 4) is 0 Å². The number of amides is 3. The van der Waals surface area contributed by atoms with E-state index in [1.54, 1.807) is 11.9 Å². The van der Waals surface area contributed by atoms with Crippen LogP contribution < -0.4 is 16.0 Å². The first-order valence-corrected chi connectivity index (χ1v) is 12.9. The van der Waals surface area contributed by atoms with E-state index >= 15 is 0 Å². The van der Waals surface area contributed by atoms with Crippen molar-refractivity contribution in [3.05, 3.63) is 0 Å². The zero-order chi connectivity index (χ0) is 24.2. The van der Waals surface area contributed by atoms with E-state index in [1.807, 2.05) is 0 Å². The number of nitrogens with one attached hydrogen (secondary N) is 3. The predicted molar refractivity (Wildman–Crippen MR) is 128 cm³/mol. The topological polar surface area (TPSA) is 108 Å². The number of rotatable bonds is 7. The normalized spacial score (nSPS) is 22.6. The summed E-state index contributed by atoms with van der Waals surface area (Å²) in [4.78, 5) is 51.0. The quantitative estimate of drug-likeness (QED) is 0.501. The molecule has 3 N–H and O–H groups in total. The van der Waals surface area contributed by atoms with E-state index in [0.29, 0.717) is 13.0 Å². The zero-order valence-electron chi connectivity index (χ0n) is 20.8. The van der Waals surface area contributed by atoms with Gasteiger partial charge in [0.25, 0.3) is 5.91 Å². The van der Waals surface area contributed by atoms with Crippen LogP contribution in [0.1, 0.15) is 84.0 Å². The lowest BCUT2D eigenvalue weighted by molar-refractivity contribution is -0.142. The van der Waals surface area contributed by atoms with E-state index in [-0.39, 0.29) is 24.3 Å². The number of likely N-dealkylation sites (tertiary alicyclic amines) is 1. The van der Waals surface area contributed by atoms with E-state index in [9.17, 15) is 19.2 Å². The van der Waals surface area contributed by atoms with Crippen LogP contribution in [0.15, 0.2) is 0 Å². The fourth-order valence-corrected chi connectivity index (χ4v) is 5.28. The molecule has 0 bridgehead atoms. The van der Waals surface area contributed by atoms with E-state index < -0.39 is 23.8 Å². The van der Waals surface area contributed by atoms with Gasteiger partial charge in [-0.25, -0.2) is 0 Å². The Hall–Kier alpha value is -1.96. The summed E-state index contributed by atoms with van der Waals surface area (Å²) in [7, 11) is 3.10. The Balaban J connectivity index is 0.000000468. The van der Waals surface area contributed by atoms with Crippen LogP contribution in [0.3, 0.4) is 0 Å². The van der Waals surface area contributed by atoms with Crippen molar-refractivity contribution in [1.82, 2.24) is 20.9 Å². The largest absolute Gasteiger partial charge is 0.353 e. The lowest BCUT2D eigenvalue weighted by atomic mass is 9.82. The van der Waals surface area contributed by atoms with Gasteiger partial charge in [0.1, 0.15) is 12.1 Å². The molecule has 2 atom stereocenters. The molecule has 2 saturated carbocycles. The van der Waals surface area contributed by atoms with Gasteiger partial charge in [-0.1, -0.05) is 58.3 Å². The molecule has 3 amide bonds. The van der Waals surface area contributed by atoms with E-state index in [4.69, 9.17) is 0 Å². The number of nitrogens with zero attached hydrogens (tertiary/aromatic N) is 1. The summed E-state index contributed by atoms with van der Waals surface area (Å²) >= 11 is 0. The van der Waals surface area contributed by atoms with Crippen LogP contribution in [0.5, 0.6) is 0 Å². The minimum Gasteiger partial charge on any atom is -0.353 e. The van der Waals surface area contributed by atoms with Crippen LogP contribution in [0.2, 0.25) is 0 Å². The first-order chi connectivity index (χ1) is 15.9. The first kappa shape index (κ1) is 27.3. The summed E-state index contributed by atoms with van der Waals surface area (Å²) in [5.41, 5.74) is 0. The van der Waals surface area contributed by atoms with Gasteiger partial charge in [0.2, 0.25) is 17.6 Å². The molecular weight excluding hydrogens is 420 g/mol. The summed E-state index contributed by atoms with van der Waals surface area (Å²) in [6.45, 7) is 3.07. The Kier molecular flexibility index (Phi) is 11.9. The van der Waals surface area contributed by atoms with Crippen molar-refractivity contribution < 1.29 is 19.2 Å². The Labute approximate surface area is 199 Å². The van der Waals surface area contributed by atoms with Crippen LogP contribution in [-0.2, 0) is 19.2 Å². The minimum absolute atomic E-state index is 0.0274. The van der Waals surface area contributed by atoms with Crippen molar-refractivity contribution >= 4 is 23.5 Å². The molecule has 0 aromatic rings. The Morgan fingerprint density at radius 1 is 0.848 bits per heavy atom. The molecule has 3 fully saturated rings. The van der Waals surface area contributed by atoms with Gasteiger partial charge in [0.15, 0.2) is 0 Å². The number of ketones is 1. The summed E-state index contributed by atoms with van der Waals surface area (Å²) < 4.78 is 0. The molecule has 0 radical (unpaired) electrons. The maximum atomic E-state index is 12.8. The second kappa shape index (κ2) is 14.3. The molecule has 1 aliphatic heterocycles. The Bertz CT molecular complexity index is 657. The van der Waals surface area contributed by atoms with E-state index in [2.05, 4.69) is 22.9 Å². The van der Waals surface area contributed by atoms with Gasteiger partial charge in [-0.15, -0.1) is 0 Å². The van der Waals surface area contributed by atoms with Crippen molar-refractivity contribution in [2.45, 2.75) is 96.1 Å². The van der Waals surface area contributed by atoms with Gasteiger partial charge >= 0.3 is 0 Å². The second-order valence-corrected chi connectivity index (χ2v) is 9.85. The fourth-order valence-electron chi connectivity index (χ4n) is 5.28. The summed E-state index contributed by atoms with van der Waals surface area (Å²) in [5.74, 6) is -0.736. The molecule has 0 aromatic heterocycles. The average Bonchev–Trinajstić information content (AvgIpc) is 3.33. The zero-order valence-corrected chi connectivity index (χ0v) is 20.8. The first-order valence-electron chi connectivity index (χ1n) is 12.9. The maximum absolute atomic E-state index is 12.8. The highest BCUT2D eigenvalue weighted by atomic mass is 16.2. The van der Waals surface area contributed by atoms with Crippen molar-refractivity contribution in [1.29, 1.82) is 0 Å². The third kappa shape index (κ3) is 8.40. The number of likely N-dealkylation sites (N-methyl/N-ethyl adjacent to an activating group) is 2. The number of hydrogen-bond donors (Lipinski definition) is 3. The van der Waals surface area contributed by atoms with Crippen LogP contribution >= 0.6 is 0 Å². The summed E-state index contributed by atoms with van der Waals surface area (Å²) in [5, 5.41) is 7.97. The lowest BCUT2D eigenvalue weighted by Gasteiger charge is -2.31. The molecule has 8 heteroatoms. The molecule has 3 rings (SSSR count). The van der Waals surface area contributed by atoms with Gasteiger partial charge in [-0.3, -0.25) is 19.2 Å². The smallest absolute Gasteiger partial charge is 0.289 e. The molecule has 1 heterocycles. The number of Topliss-reactive ketones (excluding diaryl/α,β-unsaturated/α-hetero) is 1. The average molecular weight is 465 g/mol. The van der Waals surface area contributed by atoms with Crippen LogP contribution in [0.25, 0.3) is 0 Å². The fraction of sp³-hybridized carbons (Fsp3) is 0.840. The van der Waals surface area contributed by atoms with Crippen LogP contribution in [-0.4, -0.2) is 67.7 Å². The third-order valence-corrected chi connectivity index (χ3v) is 7.25. The standard InChI is InChI=1S/C18H30N4O4.C7H14/c1-19-11-14(23)22-10-6-9-13(22)17(25)21-15(16(24)18(26)20-2)12-7-4-3-5-8-12;1-7-5-3-2-4-6-7/h12-13,15,19H,3-11H2,1-2H3,(H,20,26)(H,21,25);7H,2-6H2,1H3. The highest BCUT2D eigenvalue weighted by Gasteiger charge is 2.39. The van der Waals surface area contributed by atoms with Crippen LogP contribution in [0.4, 0.5) is 0 Å². The van der Waals surface area contributed by atoms with E-state index in [0.717, 1.165) is 44.4 Å². The molecule has 0 aromatic carbocycles. The number of carbonyl (C=O) groups excluding carboxylic acids is 4. The molecule has 1 saturated heterocycles. The third-order valence-electron chi connectivity index (χ3n) is 7.25. The van der Waals surface area contributed by atoms with Crippen LogP contribution in [0, 0.1) is 11.8 Å². The molecule has 33 heavy (non-hydrogen) atoms. The number of carbonyl (C=O) groups is 4. The maximum Gasteiger partial charge on any atom is 0.289 e. The Morgan fingerprint density at radius 3 is 1.97 bits per heavy atom. The minimum atomic E-state index is -0.815. The Morgan fingerprint density at radius 2 is 1.45 bits per heavy atom. The van der Waals surface area contributed by atoms with Gasteiger partial charge in [-0.05, 0) is 44.6 Å². The van der Waals surface area contributed by atoms with Gasteiger partial charge in [0, 0.05) is 13.6 Å². The molecule has 2 aliphatic carbocycles. The van der Waals surface area contributed by atoms with Crippen molar-refractivity contribution in [3.63, 3.8) is 0 Å². The van der Waals surface area contributed by atoms with Gasteiger partial charge in [-0.2, -0.15) is 0 Å². The van der Waals surface area contributed by atoms with Crippen molar-refractivity contribution in [2.24, 2.45) is 11.8 Å². The molecule has 0 spiro atoms. The summed E-state index contributed by atoms with van der Waals surface area (Å²) in [6.07, 6.45) is 13.5. The molecule has 2 unspecified atom stereocenters. The van der Waals surface area contributed by atoms with Crippen molar-refractivity contribution in [2.75, 3.05) is 27.2 Å². The molecule has 8 nitrogen and oxygen atoms in total. The predicted octanol–water partition coefficient (Wildman–Crippen LogP) is 2.16. The lowest BCUT2D eigenvalue weighted by Crippen LogP contribution is -2.56. The molecule has 3 aliphatic rings. The molecular formula is C25H44N4O4. The molecule has 188 valence electrons. The second-order valence-electron chi connectivity index (χ2n) is 9.85. The highest BCUT2D eigenvalue weighted by molar-refractivity contribution is 6.38. The van der Waals surface area contributed by atoms with Gasteiger partial charge < -0.3 is 20.9 Å². The summed E-state index contributed by atoms with van der Waals surface area (Å²) in [6, 6.07) is -1.39. The monoisotopic (exact) mass is 464 g/mol. The number of hydrogen-bond acceptors (Lipinski definition) is 5. The van der Waals surface area contributed by atoms with E-state index in [1.165, 1.54) is 39.2 Å². The van der Waals surface area contributed by atoms with Gasteiger partial charge in [0.05, 0.1) is 6.54 Å².